The number of hydrogen-bond acceptors (Lipinski definition) is 6. The van der Waals surface area contributed by atoms with Crippen LogP contribution in [0.15, 0.2) is 6.33 Å². The molecule has 1 aliphatic rings. The number of rotatable bonds is 3. The number of alkyl halides is 1. The number of nitrogens with two attached hydrogens (primary N) is 1. The zero-order valence-corrected chi connectivity index (χ0v) is 11.4. The quantitative estimate of drug-likeness (QED) is 0.861. The second kappa shape index (κ2) is 5.12. The lowest BCUT2D eigenvalue weighted by Crippen LogP contribution is -2.17. The molecular weight excluding hydrogens is 289 g/mol. The summed E-state index contributed by atoms with van der Waals surface area (Å²) in [7, 11) is 1.55. The normalized spacial score (nSPS) is 26.4. The van der Waals surface area contributed by atoms with Crippen molar-refractivity contribution in [3.63, 3.8) is 0 Å². The summed E-state index contributed by atoms with van der Waals surface area (Å²) >= 11 is 5.94. The monoisotopic (exact) mass is 301 g/mol. The molecule has 2 aromatic heterocycles. The maximum atomic E-state index is 14.1. The number of hydrogen-bond donors (Lipinski definition) is 1. The van der Waals surface area contributed by atoms with E-state index in [-0.39, 0.29) is 23.6 Å². The van der Waals surface area contributed by atoms with E-state index in [4.69, 9.17) is 26.8 Å². The highest BCUT2D eigenvalue weighted by Gasteiger charge is 2.37. The smallest absolute Gasteiger partial charge is 0.223 e. The Morgan fingerprint density at radius 2 is 2.40 bits per heavy atom. The third-order valence-corrected chi connectivity index (χ3v) is 3.42. The van der Waals surface area contributed by atoms with Gasteiger partial charge < -0.3 is 15.2 Å². The second-order valence-corrected chi connectivity index (χ2v) is 4.91. The topological polar surface area (TPSA) is 88.1 Å². The number of halogens is 2. The average molecular weight is 302 g/mol. The van der Waals surface area contributed by atoms with E-state index in [0.717, 1.165) is 0 Å². The van der Waals surface area contributed by atoms with E-state index in [1.165, 1.54) is 10.9 Å². The minimum Gasteiger partial charge on any atom is -0.382 e. The zero-order valence-electron chi connectivity index (χ0n) is 10.7. The van der Waals surface area contributed by atoms with Crippen LogP contribution in [-0.4, -0.2) is 45.5 Å². The van der Waals surface area contributed by atoms with Gasteiger partial charge in [-0.3, -0.25) is 4.57 Å². The molecule has 2 aromatic rings. The zero-order chi connectivity index (χ0) is 14.3. The van der Waals surface area contributed by atoms with Crippen LogP contribution >= 0.6 is 11.6 Å². The Hall–Kier alpha value is -1.51. The molecule has 0 saturated carbocycles. The first-order valence-corrected chi connectivity index (χ1v) is 6.42. The van der Waals surface area contributed by atoms with Gasteiger partial charge >= 0.3 is 0 Å². The summed E-state index contributed by atoms with van der Waals surface area (Å²) in [6, 6.07) is 0. The molecular formula is C11H13ClFN5O2. The molecule has 1 fully saturated rings. The maximum Gasteiger partial charge on any atom is 0.223 e. The first kappa shape index (κ1) is 13.5. The predicted molar refractivity (Wildman–Crippen MR) is 70.0 cm³/mol. The predicted octanol–water partition coefficient (Wildman–Crippen LogP) is 1.33. The number of anilines is 1. The molecule has 0 spiro atoms. The van der Waals surface area contributed by atoms with Crippen molar-refractivity contribution in [2.24, 2.45) is 0 Å². The van der Waals surface area contributed by atoms with Crippen molar-refractivity contribution >= 4 is 28.7 Å². The third kappa shape index (κ3) is 2.19. The summed E-state index contributed by atoms with van der Waals surface area (Å²) in [5.41, 5.74) is 6.28. The van der Waals surface area contributed by atoms with Gasteiger partial charge in [0.1, 0.15) is 11.7 Å². The van der Waals surface area contributed by atoms with Crippen LogP contribution in [0.1, 0.15) is 12.6 Å². The number of methoxy groups -OCH3 is 1. The van der Waals surface area contributed by atoms with E-state index < -0.39 is 12.4 Å². The van der Waals surface area contributed by atoms with Crippen LogP contribution in [0.2, 0.25) is 5.15 Å². The van der Waals surface area contributed by atoms with Crippen LogP contribution in [-0.2, 0) is 9.47 Å². The molecule has 1 saturated heterocycles. The Morgan fingerprint density at radius 1 is 1.60 bits per heavy atom. The molecule has 1 aliphatic heterocycles. The minimum atomic E-state index is -1.18. The molecule has 0 unspecified atom stereocenters. The van der Waals surface area contributed by atoms with E-state index in [1.54, 1.807) is 7.11 Å². The molecule has 7 nitrogen and oxygen atoms in total. The Labute approximate surface area is 118 Å². The molecule has 108 valence electrons. The molecule has 0 bridgehead atoms. The van der Waals surface area contributed by atoms with Gasteiger partial charge in [-0.1, -0.05) is 11.6 Å². The van der Waals surface area contributed by atoms with Crippen LogP contribution in [0, 0.1) is 0 Å². The Balaban J connectivity index is 1.98. The molecule has 3 heterocycles. The van der Waals surface area contributed by atoms with Gasteiger partial charge in [0.15, 0.2) is 17.0 Å². The summed E-state index contributed by atoms with van der Waals surface area (Å²) in [5, 5.41) is 0.132. The minimum absolute atomic E-state index is 0.00565. The maximum absolute atomic E-state index is 14.1. The number of ether oxygens (including phenoxy) is 2. The summed E-state index contributed by atoms with van der Waals surface area (Å²) in [4.78, 5) is 11.9. The SMILES string of the molecule is COC[C@@H]1C[C@H](F)[C@H](n2cnc3c(Cl)nc(N)nc32)O1. The van der Waals surface area contributed by atoms with Crippen molar-refractivity contribution in [1.82, 2.24) is 19.5 Å². The molecule has 3 rings (SSSR count). The van der Waals surface area contributed by atoms with Gasteiger partial charge in [0.2, 0.25) is 5.95 Å². The van der Waals surface area contributed by atoms with E-state index in [9.17, 15) is 4.39 Å². The van der Waals surface area contributed by atoms with E-state index in [2.05, 4.69) is 15.0 Å². The average Bonchev–Trinajstić information content (AvgIpc) is 2.93. The Kier molecular flexibility index (Phi) is 3.45. The van der Waals surface area contributed by atoms with Crippen LogP contribution in [0.5, 0.6) is 0 Å². The highest BCUT2D eigenvalue weighted by atomic mass is 35.5. The van der Waals surface area contributed by atoms with Gasteiger partial charge in [0, 0.05) is 13.5 Å². The van der Waals surface area contributed by atoms with Crippen molar-refractivity contribution in [2.45, 2.75) is 24.9 Å². The van der Waals surface area contributed by atoms with Gasteiger partial charge in [-0.2, -0.15) is 9.97 Å². The van der Waals surface area contributed by atoms with E-state index >= 15 is 0 Å². The summed E-state index contributed by atoms with van der Waals surface area (Å²) in [6.45, 7) is 0.335. The van der Waals surface area contributed by atoms with Crippen molar-refractivity contribution in [3.8, 4) is 0 Å². The van der Waals surface area contributed by atoms with Crippen LogP contribution in [0.25, 0.3) is 11.2 Å². The lowest BCUT2D eigenvalue weighted by Gasteiger charge is -2.15. The number of nitrogens with zero attached hydrogens (tertiary/aromatic N) is 4. The third-order valence-electron chi connectivity index (χ3n) is 3.15. The van der Waals surface area contributed by atoms with Gasteiger partial charge in [-0.05, 0) is 0 Å². The first-order valence-electron chi connectivity index (χ1n) is 6.04. The standard InChI is InChI=1S/C11H13ClFN5O2/c1-19-3-5-2-6(13)10(20-5)18-4-15-7-8(12)16-11(14)17-9(7)18/h4-6,10H,2-3H2,1H3,(H2,14,16,17)/t5-,6-,10+/m0/s1. The Morgan fingerprint density at radius 3 is 3.15 bits per heavy atom. The molecule has 20 heavy (non-hydrogen) atoms. The fraction of sp³-hybridized carbons (Fsp3) is 0.545. The van der Waals surface area contributed by atoms with Gasteiger partial charge in [-0.15, -0.1) is 0 Å². The van der Waals surface area contributed by atoms with E-state index in [1.807, 2.05) is 0 Å². The van der Waals surface area contributed by atoms with Gasteiger partial charge in [-0.25, -0.2) is 9.37 Å². The fourth-order valence-electron chi connectivity index (χ4n) is 2.32. The molecule has 3 atom stereocenters. The van der Waals surface area contributed by atoms with Gasteiger partial charge in [0.25, 0.3) is 0 Å². The van der Waals surface area contributed by atoms with Crippen molar-refractivity contribution in [1.29, 1.82) is 0 Å². The van der Waals surface area contributed by atoms with Crippen molar-refractivity contribution in [2.75, 3.05) is 19.5 Å². The molecule has 2 N–H and O–H groups in total. The summed E-state index contributed by atoms with van der Waals surface area (Å²) in [6.07, 6.45) is -0.607. The van der Waals surface area contributed by atoms with E-state index in [0.29, 0.717) is 17.8 Å². The molecule has 0 aliphatic carbocycles. The van der Waals surface area contributed by atoms with Gasteiger partial charge in [0.05, 0.1) is 19.0 Å². The summed E-state index contributed by atoms with van der Waals surface area (Å²) in [5.74, 6) is 0.00565. The van der Waals surface area contributed by atoms with Crippen molar-refractivity contribution in [3.05, 3.63) is 11.5 Å². The van der Waals surface area contributed by atoms with Crippen LogP contribution < -0.4 is 5.73 Å². The number of fused-ring (bicyclic) bond motifs is 1. The number of imidazole rings is 1. The molecule has 0 amide bonds. The second-order valence-electron chi connectivity index (χ2n) is 4.55. The highest BCUT2D eigenvalue weighted by molar-refractivity contribution is 6.33. The van der Waals surface area contributed by atoms with Crippen LogP contribution in [0.3, 0.4) is 0 Å². The first-order chi connectivity index (χ1) is 9.60. The number of aromatic nitrogens is 4. The van der Waals surface area contributed by atoms with Crippen LogP contribution in [0.4, 0.5) is 10.3 Å². The largest absolute Gasteiger partial charge is 0.382 e. The molecule has 9 heteroatoms. The highest BCUT2D eigenvalue weighted by Crippen LogP contribution is 2.34. The summed E-state index contributed by atoms with van der Waals surface area (Å²) < 4.78 is 26.2. The number of nitrogen functional groups attached to an aromatic ring is 1. The molecule has 0 aromatic carbocycles. The molecule has 0 radical (unpaired) electrons. The lowest BCUT2D eigenvalue weighted by atomic mass is 10.2. The van der Waals surface area contributed by atoms with Crippen molar-refractivity contribution < 1.29 is 13.9 Å². The lowest BCUT2D eigenvalue weighted by molar-refractivity contribution is -0.0423. The Bertz CT molecular complexity index is 637. The fourth-order valence-corrected chi connectivity index (χ4v) is 2.54.